The lowest BCUT2D eigenvalue weighted by Gasteiger charge is -2.18. The number of methoxy groups -OCH3 is 1. The number of hydrogen-bond donors (Lipinski definition) is 2. The van der Waals surface area contributed by atoms with Gasteiger partial charge in [0.1, 0.15) is 0 Å². The molecule has 1 aromatic carbocycles. The predicted octanol–water partition coefficient (Wildman–Crippen LogP) is 2.90. The topological polar surface area (TPSA) is 64.7 Å². The normalized spacial score (nSPS) is 13.8. The van der Waals surface area contributed by atoms with Crippen LogP contribution in [-0.2, 0) is 6.42 Å². The van der Waals surface area contributed by atoms with Crippen LogP contribution < -0.4 is 15.2 Å². The van der Waals surface area contributed by atoms with Gasteiger partial charge in [-0.3, -0.25) is 0 Å². The van der Waals surface area contributed by atoms with Gasteiger partial charge >= 0.3 is 0 Å². The quantitative estimate of drug-likeness (QED) is 0.696. The van der Waals surface area contributed by atoms with Crippen molar-refractivity contribution in [2.75, 3.05) is 13.7 Å². The molecular formula is C17H29NO3. The monoisotopic (exact) mass is 295 g/mol. The van der Waals surface area contributed by atoms with Gasteiger partial charge in [-0.1, -0.05) is 26.3 Å². The van der Waals surface area contributed by atoms with Crippen molar-refractivity contribution >= 4 is 0 Å². The third kappa shape index (κ3) is 5.94. The summed E-state index contributed by atoms with van der Waals surface area (Å²) in [5, 5.41) is 10.0. The first-order valence-electron chi connectivity index (χ1n) is 7.85. The first-order chi connectivity index (χ1) is 10.1. The van der Waals surface area contributed by atoms with E-state index in [1.54, 1.807) is 7.11 Å². The SMILES string of the molecule is CCCOc1ccc(CCC(O)C(N)CCC)cc1OC. The first-order valence-corrected chi connectivity index (χ1v) is 7.85. The average Bonchev–Trinajstić information content (AvgIpc) is 2.51. The Balaban J connectivity index is 2.59. The van der Waals surface area contributed by atoms with E-state index in [-0.39, 0.29) is 6.04 Å². The van der Waals surface area contributed by atoms with Crippen LogP contribution in [0.1, 0.15) is 45.1 Å². The number of aliphatic hydroxyl groups excluding tert-OH is 1. The predicted molar refractivity (Wildman–Crippen MR) is 86.0 cm³/mol. The molecule has 3 N–H and O–H groups in total. The van der Waals surface area contributed by atoms with Crippen molar-refractivity contribution in [3.05, 3.63) is 23.8 Å². The highest BCUT2D eigenvalue weighted by Crippen LogP contribution is 2.28. The molecule has 4 nitrogen and oxygen atoms in total. The minimum atomic E-state index is -0.452. The molecule has 120 valence electrons. The van der Waals surface area contributed by atoms with E-state index in [1.807, 2.05) is 18.2 Å². The number of benzene rings is 1. The molecule has 2 atom stereocenters. The van der Waals surface area contributed by atoms with Crippen LogP contribution in [-0.4, -0.2) is 31.0 Å². The Bertz CT molecular complexity index is 409. The van der Waals surface area contributed by atoms with Gasteiger partial charge in [-0.15, -0.1) is 0 Å². The number of aliphatic hydroxyl groups is 1. The second-order valence-corrected chi connectivity index (χ2v) is 5.39. The fraction of sp³-hybridized carbons (Fsp3) is 0.647. The fourth-order valence-electron chi connectivity index (χ4n) is 2.25. The van der Waals surface area contributed by atoms with E-state index in [1.165, 1.54) is 0 Å². The van der Waals surface area contributed by atoms with Gasteiger partial charge in [-0.2, -0.15) is 0 Å². The third-order valence-electron chi connectivity index (χ3n) is 3.53. The molecule has 0 aromatic heterocycles. The average molecular weight is 295 g/mol. The minimum absolute atomic E-state index is 0.135. The number of aryl methyl sites for hydroxylation is 1. The lowest BCUT2D eigenvalue weighted by molar-refractivity contribution is 0.131. The highest BCUT2D eigenvalue weighted by Gasteiger charge is 2.14. The van der Waals surface area contributed by atoms with Crippen LogP contribution in [0.2, 0.25) is 0 Å². The van der Waals surface area contributed by atoms with Crippen molar-refractivity contribution in [2.45, 2.75) is 58.1 Å². The van der Waals surface area contributed by atoms with E-state index in [0.717, 1.165) is 42.7 Å². The van der Waals surface area contributed by atoms with Gasteiger partial charge in [-0.25, -0.2) is 0 Å². The smallest absolute Gasteiger partial charge is 0.161 e. The molecule has 1 rings (SSSR count). The van der Waals surface area contributed by atoms with Crippen LogP contribution in [0, 0.1) is 0 Å². The molecule has 0 radical (unpaired) electrons. The molecule has 0 saturated carbocycles. The molecule has 0 aliphatic rings. The van der Waals surface area contributed by atoms with Gasteiger partial charge in [0, 0.05) is 6.04 Å². The van der Waals surface area contributed by atoms with E-state index in [0.29, 0.717) is 13.0 Å². The summed E-state index contributed by atoms with van der Waals surface area (Å²) in [4.78, 5) is 0. The summed E-state index contributed by atoms with van der Waals surface area (Å²) < 4.78 is 11.0. The lowest BCUT2D eigenvalue weighted by atomic mass is 9.99. The summed E-state index contributed by atoms with van der Waals surface area (Å²) in [5.41, 5.74) is 7.06. The second kappa shape index (κ2) is 9.64. The zero-order valence-electron chi connectivity index (χ0n) is 13.5. The van der Waals surface area contributed by atoms with Gasteiger partial charge in [0.2, 0.25) is 0 Å². The zero-order chi connectivity index (χ0) is 15.7. The van der Waals surface area contributed by atoms with E-state index in [2.05, 4.69) is 13.8 Å². The van der Waals surface area contributed by atoms with Crippen LogP contribution in [0.25, 0.3) is 0 Å². The Morgan fingerprint density at radius 3 is 2.52 bits per heavy atom. The van der Waals surface area contributed by atoms with E-state index in [4.69, 9.17) is 15.2 Å². The number of nitrogens with two attached hydrogens (primary N) is 1. The van der Waals surface area contributed by atoms with Crippen LogP contribution in [0.3, 0.4) is 0 Å². The maximum atomic E-state index is 10.0. The van der Waals surface area contributed by atoms with Crippen molar-refractivity contribution in [1.29, 1.82) is 0 Å². The largest absolute Gasteiger partial charge is 0.493 e. The Morgan fingerprint density at radius 1 is 1.14 bits per heavy atom. The van der Waals surface area contributed by atoms with Gasteiger partial charge in [0.15, 0.2) is 11.5 Å². The molecule has 0 fully saturated rings. The molecule has 0 aliphatic carbocycles. The van der Waals surface area contributed by atoms with Crippen LogP contribution in [0.4, 0.5) is 0 Å². The molecule has 1 aromatic rings. The number of rotatable bonds is 10. The Labute approximate surface area is 128 Å². The molecule has 0 heterocycles. The van der Waals surface area contributed by atoms with Gasteiger partial charge < -0.3 is 20.3 Å². The molecule has 0 spiro atoms. The third-order valence-corrected chi connectivity index (χ3v) is 3.53. The molecule has 4 heteroatoms. The molecule has 0 amide bonds. The number of ether oxygens (including phenoxy) is 2. The molecule has 0 bridgehead atoms. The van der Waals surface area contributed by atoms with E-state index in [9.17, 15) is 5.11 Å². The Morgan fingerprint density at radius 2 is 1.90 bits per heavy atom. The van der Waals surface area contributed by atoms with Crippen molar-refractivity contribution < 1.29 is 14.6 Å². The van der Waals surface area contributed by atoms with E-state index < -0.39 is 6.10 Å². The van der Waals surface area contributed by atoms with Gasteiger partial charge in [0.25, 0.3) is 0 Å². The van der Waals surface area contributed by atoms with Crippen LogP contribution in [0.15, 0.2) is 18.2 Å². The molecule has 21 heavy (non-hydrogen) atoms. The summed E-state index contributed by atoms with van der Waals surface area (Å²) in [5.74, 6) is 1.51. The molecular weight excluding hydrogens is 266 g/mol. The second-order valence-electron chi connectivity index (χ2n) is 5.39. The van der Waals surface area contributed by atoms with Crippen molar-refractivity contribution in [3.63, 3.8) is 0 Å². The summed E-state index contributed by atoms with van der Waals surface area (Å²) in [6, 6.07) is 5.79. The Hall–Kier alpha value is -1.26. The molecule has 0 aliphatic heterocycles. The Kier molecular flexibility index (Phi) is 8.16. The fourth-order valence-corrected chi connectivity index (χ4v) is 2.25. The molecule has 0 saturated heterocycles. The highest BCUT2D eigenvalue weighted by molar-refractivity contribution is 5.43. The van der Waals surface area contributed by atoms with Gasteiger partial charge in [0.05, 0.1) is 19.8 Å². The maximum absolute atomic E-state index is 10.0. The van der Waals surface area contributed by atoms with Crippen molar-refractivity contribution in [2.24, 2.45) is 5.73 Å². The van der Waals surface area contributed by atoms with Crippen LogP contribution in [0.5, 0.6) is 11.5 Å². The maximum Gasteiger partial charge on any atom is 0.161 e. The van der Waals surface area contributed by atoms with Crippen molar-refractivity contribution in [3.8, 4) is 11.5 Å². The standard InChI is InChI=1S/C17H29NO3/c1-4-6-14(18)15(19)9-7-13-8-10-16(21-11-5-2)17(12-13)20-3/h8,10,12,14-15,19H,4-7,9,11,18H2,1-3H3. The van der Waals surface area contributed by atoms with Crippen LogP contribution >= 0.6 is 0 Å². The number of hydrogen-bond acceptors (Lipinski definition) is 4. The zero-order valence-corrected chi connectivity index (χ0v) is 13.5. The summed E-state index contributed by atoms with van der Waals surface area (Å²) in [7, 11) is 1.64. The van der Waals surface area contributed by atoms with Gasteiger partial charge in [-0.05, 0) is 43.4 Å². The summed E-state index contributed by atoms with van der Waals surface area (Å²) in [6.45, 7) is 4.83. The van der Waals surface area contributed by atoms with Crippen molar-refractivity contribution in [1.82, 2.24) is 0 Å². The molecule has 2 unspecified atom stereocenters. The van der Waals surface area contributed by atoms with E-state index >= 15 is 0 Å². The highest BCUT2D eigenvalue weighted by atomic mass is 16.5. The summed E-state index contributed by atoms with van der Waals surface area (Å²) in [6.07, 6.45) is 3.81. The lowest BCUT2D eigenvalue weighted by Crippen LogP contribution is -2.34. The first kappa shape index (κ1) is 17.8. The summed E-state index contributed by atoms with van der Waals surface area (Å²) >= 11 is 0. The minimum Gasteiger partial charge on any atom is -0.493 e.